The van der Waals surface area contributed by atoms with Gasteiger partial charge in [0.05, 0.1) is 24.4 Å². The maximum atomic E-state index is 6.26. The van der Waals surface area contributed by atoms with Crippen LogP contribution in [0, 0.1) is 0 Å². The molecule has 1 aromatic heterocycles. The maximum Gasteiger partial charge on any atom is 0.0897 e. The molecule has 0 atom stereocenters. The molecule has 2 N–H and O–H groups in total. The minimum Gasteiger partial charge on any atom is -0.373 e. The van der Waals surface area contributed by atoms with Crippen molar-refractivity contribution in [3.05, 3.63) is 16.6 Å². The summed E-state index contributed by atoms with van der Waals surface area (Å²) in [7, 11) is 0. The van der Waals surface area contributed by atoms with E-state index in [0.717, 1.165) is 18.5 Å². The predicted molar refractivity (Wildman–Crippen MR) is 61.8 cm³/mol. The van der Waals surface area contributed by atoms with Gasteiger partial charge in [0.15, 0.2) is 0 Å². The molecular weight excluding hydrogens is 208 g/mol. The molecular formula is C11H18N2OS. The number of ether oxygens (including phenoxy) is 1. The lowest BCUT2D eigenvalue weighted by molar-refractivity contribution is 0.0560. The van der Waals surface area contributed by atoms with Crippen molar-refractivity contribution in [2.24, 2.45) is 5.73 Å². The first kappa shape index (κ1) is 11.0. The molecule has 15 heavy (non-hydrogen) atoms. The van der Waals surface area contributed by atoms with Crippen LogP contribution in [-0.4, -0.2) is 17.1 Å². The third-order valence-electron chi connectivity index (χ3n) is 2.97. The highest BCUT2D eigenvalue weighted by molar-refractivity contribution is 7.07. The molecule has 4 heteroatoms. The van der Waals surface area contributed by atoms with Crippen molar-refractivity contribution >= 4 is 11.3 Å². The second kappa shape index (κ2) is 5.05. The van der Waals surface area contributed by atoms with Gasteiger partial charge in [-0.15, -0.1) is 11.3 Å². The van der Waals surface area contributed by atoms with E-state index in [4.69, 9.17) is 10.5 Å². The number of nitrogens with zero attached hydrogens (tertiary/aromatic N) is 1. The van der Waals surface area contributed by atoms with E-state index >= 15 is 0 Å². The second-order valence-corrected chi connectivity index (χ2v) is 5.11. The molecule has 2 rings (SSSR count). The van der Waals surface area contributed by atoms with Crippen molar-refractivity contribution in [2.75, 3.05) is 6.61 Å². The zero-order valence-corrected chi connectivity index (χ0v) is 9.76. The monoisotopic (exact) mass is 226 g/mol. The van der Waals surface area contributed by atoms with Crippen LogP contribution in [0.15, 0.2) is 10.9 Å². The normalized spacial score (nSPS) is 20.3. The number of hydrogen-bond donors (Lipinski definition) is 1. The Morgan fingerprint density at radius 1 is 1.40 bits per heavy atom. The Morgan fingerprint density at radius 2 is 2.20 bits per heavy atom. The van der Waals surface area contributed by atoms with Crippen LogP contribution in [0.25, 0.3) is 0 Å². The maximum absolute atomic E-state index is 6.26. The Morgan fingerprint density at radius 3 is 2.87 bits per heavy atom. The Balaban J connectivity index is 1.72. The molecule has 1 heterocycles. The smallest absolute Gasteiger partial charge is 0.0897 e. The molecule has 0 saturated heterocycles. The molecule has 0 unspecified atom stereocenters. The van der Waals surface area contributed by atoms with Crippen molar-refractivity contribution in [3.8, 4) is 0 Å². The molecule has 0 aliphatic heterocycles. The summed E-state index contributed by atoms with van der Waals surface area (Å²) in [6.45, 7) is 1.27. The summed E-state index contributed by atoms with van der Waals surface area (Å²) in [5, 5.41) is 2.02. The molecule has 0 bridgehead atoms. The van der Waals surface area contributed by atoms with Crippen molar-refractivity contribution in [1.82, 2.24) is 4.98 Å². The van der Waals surface area contributed by atoms with Crippen LogP contribution in [0.1, 0.15) is 37.8 Å². The van der Waals surface area contributed by atoms with Crippen LogP contribution in [0.3, 0.4) is 0 Å². The van der Waals surface area contributed by atoms with Gasteiger partial charge in [0, 0.05) is 10.9 Å². The van der Waals surface area contributed by atoms with Gasteiger partial charge >= 0.3 is 0 Å². The standard InChI is InChI=1S/C11H18N2OS/c12-11(4-2-1-3-5-11)8-14-6-10-7-15-9-13-10/h7,9H,1-6,8,12H2. The molecule has 1 saturated carbocycles. The quantitative estimate of drug-likeness (QED) is 0.857. The lowest BCUT2D eigenvalue weighted by Gasteiger charge is -2.32. The van der Waals surface area contributed by atoms with E-state index in [-0.39, 0.29) is 5.54 Å². The summed E-state index contributed by atoms with van der Waals surface area (Å²) in [4.78, 5) is 4.17. The third-order valence-corrected chi connectivity index (χ3v) is 3.61. The Kier molecular flexibility index (Phi) is 3.72. The number of thiazole rings is 1. The largest absolute Gasteiger partial charge is 0.373 e. The zero-order chi connectivity index (χ0) is 10.6. The third kappa shape index (κ3) is 3.26. The molecule has 1 aromatic rings. The summed E-state index contributed by atoms with van der Waals surface area (Å²) in [6, 6.07) is 0. The Bertz CT molecular complexity index is 281. The highest BCUT2D eigenvalue weighted by Crippen LogP contribution is 2.26. The number of aromatic nitrogens is 1. The highest BCUT2D eigenvalue weighted by atomic mass is 32.1. The Labute approximate surface area is 94.7 Å². The average Bonchev–Trinajstić information content (AvgIpc) is 2.71. The Hall–Kier alpha value is -0.450. The summed E-state index contributed by atoms with van der Waals surface area (Å²) in [5.74, 6) is 0. The number of hydrogen-bond acceptors (Lipinski definition) is 4. The van der Waals surface area contributed by atoms with Crippen molar-refractivity contribution in [3.63, 3.8) is 0 Å². The van der Waals surface area contributed by atoms with E-state index in [9.17, 15) is 0 Å². The second-order valence-electron chi connectivity index (χ2n) is 4.40. The van der Waals surface area contributed by atoms with E-state index in [1.165, 1.54) is 19.3 Å². The van der Waals surface area contributed by atoms with Crippen molar-refractivity contribution < 1.29 is 4.74 Å². The summed E-state index contributed by atoms with van der Waals surface area (Å²) >= 11 is 1.60. The van der Waals surface area contributed by atoms with E-state index in [1.807, 2.05) is 10.9 Å². The molecule has 0 aromatic carbocycles. The average molecular weight is 226 g/mol. The van der Waals surface area contributed by atoms with Crippen LogP contribution in [-0.2, 0) is 11.3 Å². The van der Waals surface area contributed by atoms with Crippen LogP contribution < -0.4 is 5.73 Å². The molecule has 0 radical (unpaired) electrons. The lowest BCUT2D eigenvalue weighted by atomic mass is 9.83. The van der Waals surface area contributed by atoms with Gasteiger partial charge in [0.1, 0.15) is 0 Å². The number of rotatable bonds is 4. The molecule has 84 valence electrons. The minimum atomic E-state index is -0.0751. The van der Waals surface area contributed by atoms with Crippen LogP contribution in [0.5, 0.6) is 0 Å². The molecule has 3 nitrogen and oxygen atoms in total. The van der Waals surface area contributed by atoms with Crippen LogP contribution in [0.2, 0.25) is 0 Å². The summed E-state index contributed by atoms with van der Waals surface area (Å²) in [5.41, 5.74) is 9.02. The first-order chi connectivity index (χ1) is 7.29. The first-order valence-electron chi connectivity index (χ1n) is 5.52. The van der Waals surface area contributed by atoms with Crippen molar-refractivity contribution in [2.45, 2.75) is 44.2 Å². The number of nitrogens with two attached hydrogens (primary N) is 1. The van der Waals surface area contributed by atoms with Gasteiger partial charge in [-0.05, 0) is 12.8 Å². The molecule has 1 aliphatic carbocycles. The zero-order valence-electron chi connectivity index (χ0n) is 8.95. The lowest BCUT2D eigenvalue weighted by Crippen LogP contribution is -2.46. The van der Waals surface area contributed by atoms with E-state index in [2.05, 4.69) is 4.98 Å². The summed E-state index contributed by atoms with van der Waals surface area (Å²) in [6.07, 6.45) is 6.02. The van der Waals surface area contributed by atoms with Gasteiger partial charge in [0.2, 0.25) is 0 Å². The van der Waals surface area contributed by atoms with E-state index < -0.39 is 0 Å². The van der Waals surface area contributed by atoms with Crippen LogP contribution >= 0.6 is 11.3 Å². The van der Waals surface area contributed by atoms with E-state index in [1.54, 1.807) is 11.3 Å². The van der Waals surface area contributed by atoms with Crippen molar-refractivity contribution in [1.29, 1.82) is 0 Å². The van der Waals surface area contributed by atoms with Gasteiger partial charge in [-0.2, -0.15) is 0 Å². The van der Waals surface area contributed by atoms with Gasteiger partial charge in [-0.25, -0.2) is 4.98 Å². The SMILES string of the molecule is NC1(COCc2cscn2)CCCCC1. The topological polar surface area (TPSA) is 48.1 Å². The van der Waals surface area contributed by atoms with E-state index in [0.29, 0.717) is 13.2 Å². The fraction of sp³-hybridized carbons (Fsp3) is 0.727. The van der Waals surface area contributed by atoms with Gasteiger partial charge in [-0.1, -0.05) is 19.3 Å². The minimum absolute atomic E-state index is 0.0751. The molecule has 1 fully saturated rings. The first-order valence-corrected chi connectivity index (χ1v) is 6.46. The predicted octanol–water partition coefficient (Wildman–Crippen LogP) is 2.32. The van der Waals surface area contributed by atoms with Gasteiger partial charge < -0.3 is 10.5 Å². The molecule has 1 aliphatic rings. The highest BCUT2D eigenvalue weighted by Gasteiger charge is 2.27. The van der Waals surface area contributed by atoms with Crippen LogP contribution in [0.4, 0.5) is 0 Å². The van der Waals surface area contributed by atoms with Gasteiger partial charge in [0.25, 0.3) is 0 Å². The fourth-order valence-electron chi connectivity index (χ4n) is 2.07. The van der Waals surface area contributed by atoms with Gasteiger partial charge in [-0.3, -0.25) is 0 Å². The fourth-order valence-corrected chi connectivity index (χ4v) is 2.61. The molecule has 0 amide bonds. The summed E-state index contributed by atoms with van der Waals surface area (Å²) < 4.78 is 5.64. The molecule has 0 spiro atoms.